The third-order valence-corrected chi connectivity index (χ3v) is 12.7. The summed E-state index contributed by atoms with van der Waals surface area (Å²) in [7, 11) is 0. The van der Waals surface area contributed by atoms with Gasteiger partial charge in [0.15, 0.2) is 0 Å². The molecule has 10 aromatic rings. The number of hydrogen-bond donors (Lipinski definition) is 0. The highest BCUT2D eigenvalue weighted by molar-refractivity contribution is 6.16. The van der Waals surface area contributed by atoms with Crippen LogP contribution in [0.25, 0.3) is 94.1 Å². The maximum absolute atomic E-state index is 2.49. The lowest BCUT2D eigenvalue weighted by Gasteiger charge is -2.22. The first kappa shape index (κ1) is 30.8. The van der Waals surface area contributed by atoms with Crippen LogP contribution >= 0.6 is 0 Å². The van der Waals surface area contributed by atoms with Gasteiger partial charge in [0.1, 0.15) is 0 Å². The number of allylic oxidation sites excluding steroid dienone is 1. The van der Waals surface area contributed by atoms with Crippen molar-refractivity contribution in [2.24, 2.45) is 0 Å². The van der Waals surface area contributed by atoms with Crippen LogP contribution in [0, 0.1) is 0 Å². The van der Waals surface area contributed by atoms with Gasteiger partial charge < -0.3 is 9.13 Å². The summed E-state index contributed by atoms with van der Waals surface area (Å²) in [5.74, 6) is 0. The predicted molar refractivity (Wildman–Crippen MR) is 233 cm³/mol. The van der Waals surface area contributed by atoms with E-state index in [1.807, 2.05) is 0 Å². The average Bonchev–Trinajstić information content (AvgIpc) is 3.83. The fourth-order valence-electron chi connectivity index (χ4n) is 10.1. The highest BCUT2D eigenvalue weighted by atomic mass is 15.0. The highest BCUT2D eigenvalue weighted by Crippen LogP contribution is 2.53. The fourth-order valence-corrected chi connectivity index (χ4v) is 10.1. The van der Waals surface area contributed by atoms with E-state index in [9.17, 15) is 0 Å². The number of fused-ring (bicyclic) bond motifs is 12. The molecule has 0 unspecified atom stereocenters. The van der Waals surface area contributed by atoms with Crippen LogP contribution < -0.4 is 0 Å². The SMILES string of the molecule is CC1(C)c2ccccc2-c2ccc3c(c21)c1cc(-c2ccc4c(c2)c2ccccc2n4-c2ccc4c(c2)CCC=C4)ccc1n3-c1ccc2ccccc2c1. The zero-order valence-corrected chi connectivity index (χ0v) is 31.0. The van der Waals surface area contributed by atoms with E-state index < -0.39 is 0 Å². The van der Waals surface area contributed by atoms with Crippen molar-refractivity contribution in [2.75, 3.05) is 0 Å². The summed E-state index contributed by atoms with van der Waals surface area (Å²) < 4.78 is 4.95. The molecule has 0 spiro atoms. The van der Waals surface area contributed by atoms with Gasteiger partial charge in [-0.3, -0.25) is 0 Å². The van der Waals surface area contributed by atoms with Crippen molar-refractivity contribution >= 4 is 60.5 Å². The molecule has 0 atom stereocenters. The minimum Gasteiger partial charge on any atom is -0.309 e. The van der Waals surface area contributed by atoms with E-state index >= 15 is 0 Å². The molecular weight excluding hydrogens is 665 g/mol. The molecule has 0 bridgehead atoms. The Hall–Kier alpha value is -6.64. The molecule has 55 heavy (non-hydrogen) atoms. The van der Waals surface area contributed by atoms with Crippen molar-refractivity contribution in [3.63, 3.8) is 0 Å². The summed E-state index contributed by atoms with van der Waals surface area (Å²) in [6.45, 7) is 4.81. The van der Waals surface area contributed by atoms with E-state index in [0.717, 1.165) is 12.8 Å². The largest absolute Gasteiger partial charge is 0.309 e. The molecule has 2 aliphatic rings. The summed E-state index contributed by atoms with van der Waals surface area (Å²) in [4.78, 5) is 0. The number of nitrogens with zero attached hydrogens (tertiary/aromatic N) is 2. The molecule has 0 fully saturated rings. The Labute approximate surface area is 320 Å². The second kappa shape index (κ2) is 11.2. The van der Waals surface area contributed by atoms with Gasteiger partial charge in [0, 0.05) is 38.3 Å². The first-order chi connectivity index (χ1) is 27.0. The molecule has 8 aromatic carbocycles. The summed E-state index contributed by atoms with van der Waals surface area (Å²) in [6, 6.07) is 59.4. The van der Waals surface area contributed by atoms with Crippen LogP contribution in [0.3, 0.4) is 0 Å². The maximum Gasteiger partial charge on any atom is 0.0544 e. The molecule has 0 amide bonds. The predicted octanol–water partition coefficient (Wildman–Crippen LogP) is 14.0. The second-order valence-electron chi connectivity index (χ2n) is 16.1. The molecule has 0 saturated carbocycles. The number of hydrogen-bond acceptors (Lipinski definition) is 0. The number of rotatable bonds is 3. The van der Waals surface area contributed by atoms with Gasteiger partial charge in [-0.25, -0.2) is 0 Å². The van der Waals surface area contributed by atoms with Crippen LogP contribution in [0.2, 0.25) is 0 Å². The normalized spacial score (nSPS) is 14.3. The van der Waals surface area contributed by atoms with Crippen molar-refractivity contribution in [3.05, 3.63) is 186 Å². The molecular formula is C53H38N2. The molecule has 0 radical (unpaired) electrons. The Balaban J connectivity index is 1.10. The fraction of sp³-hybridized carbons (Fsp3) is 0.0943. The van der Waals surface area contributed by atoms with Crippen LogP contribution in [-0.4, -0.2) is 9.13 Å². The molecule has 0 aliphatic heterocycles. The highest BCUT2D eigenvalue weighted by Gasteiger charge is 2.38. The summed E-state index contributed by atoms with van der Waals surface area (Å²) in [5, 5.41) is 7.71. The average molecular weight is 703 g/mol. The van der Waals surface area contributed by atoms with Crippen LogP contribution in [0.15, 0.2) is 164 Å². The maximum atomic E-state index is 2.49. The van der Waals surface area contributed by atoms with Gasteiger partial charge in [-0.2, -0.15) is 0 Å². The zero-order valence-electron chi connectivity index (χ0n) is 31.0. The molecule has 2 nitrogen and oxygen atoms in total. The van der Waals surface area contributed by atoms with Crippen LogP contribution in [0.4, 0.5) is 0 Å². The van der Waals surface area contributed by atoms with Gasteiger partial charge in [0.05, 0.1) is 22.1 Å². The van der Waals surface area contributed by atoms with Crippen molar-refractivity contribution in [2.45, 2.75) is 32.1 Å². The van der Waals surface area contributed by atoms with E-state index in [0.29, 0.717) is 0 Å². The minimum absolute atomic E-state index is 0.141. The van der Waals surface area contributed by atoms with Gasteiger partial charge in [-0.05, 0) is 129 Å². The number of benzene rings is 8. The molecule has 2 heteroatoms. The topological polar surface area (TPSA) is 9.86 Å². The summed E-state index contributed by atoms with van der Waals surface area (Å²) in [5.41, 5.74) is 18.0. The first-order valence-electron chi connectivity index (χ1n) is 19.6. The summed E-state index contributed by atoms with van der Waals surface area (Å²) >= 11 is 0. The third kappa shape index (κ3) is 4.31. The van der Waals surface area contributed by atoms with Gasteiger partial charge >= 0.3 is 0 Å². The first-order valence-corrected chi connectivity index (χ1v) is 19.6. The van der Waals surface area contributed by atoms with Crippen molar-refractivity contribution in [1.29, 1.82) is 0 Å². The summed E-state index contributed by atoms with van der Waals surface area (Å²) in [6.07, 6.45) is 6.75. The Morgan fingerprint density at radius 1 is 0.491 bits per heavy atom. The Kier molecular flexibility index (Phi) is 6.27. The molecule has 2 aliphatic carbocycles. The van der Waals surface area contributed by atoms with E-state index in [2.05, 4.69) is 193 Å². The van der Waals surface area contributed by atoms with Crippen LogP contribution in [0.1, 0.15) is 42.5 Å². The molecule has 2 aromatic heterocycles. The lowest BCUT2D eigenvalue weighted by Crippen LogP contribution is -2.15. The van der Waals surface area contributed by atoms with Crippen LogP contribution in [-0.2, 0) is 11.8 Å². The Morgan fingerprint density at radius 3 is 2.05 bits per heavy atom. The van der Waals surface area contributed by atoms with Gasteiger partial charge in [0.2, 0.25) is 0 Å². The van der Waals surface area contributed by atoms with Crippen molar-refractivity contribution in [1.82, 2.24) is 9.13 Å². The zero-order chi connectivity index (χ0) is 36.4. The molecule has 0 saturated heterocycles. The van der Waals surface area contributed by atoms with Crippen molar-refractivity contribution < 1.29 is 0 Å². The smallest absolute Gasteiger partial charge is 0.0544 e. The number of aromatic nitrogens is 2. The molecule has 0 N–H and O–H groups in total. The Bertz CT molecular complexity index is 3290. The van der Waals surface area contributed by atoms with E-state index in [1.54, 1.807) is 0 Å². The second-order valence-corrected chi connectivity index (χ2v) is 16.1. The Morgan fingerprint density at radius 2 is 1.16 bits per heavy atom. The standard InChI is InChI=1S/C53H38N2/c1-53(2)46-17-9-7-15-41(46)43-25-28-50-51(52(43)53)45-32-38(22-27-49(45)55(50)40-24-20-34-12-4-6-14-36(34)30-40)37-21-26-48-44(31-37)42-16-8-10-18-47(42)54(48)39-23-19-33-11-3-5-13-35(33)29-39/h3-4,6-12,14-32H,5,13H2,1-2H3. The van der Waals surface area contributed by atoms with E-state index in [-0.39, 0.29) is 5.41 Å². The van der Waals surface area contributed by atoms with E-state index in [4.69, 9.17) is 0 Å². The molecule has 2 heterocycles. The minimum atomic E-state index is -0.141. The van der Waals surface area contributed by atoms with Gasteiger partial charge in [0.25, 0.3) is 0 Å². The monoisotopic (exact) mass is 702 g/mol. The lowest BCUT2D eigenvalue weighted by molar-refractivity contribution is 0.666. The number of para-hydroxylation sites is 1. The third-order valence-electron chi connectivity index (χ3n) is 12.7. The van der Waals surface area contributed by atoms with Gasteiger partial charge in [-0.1, -0.05) is 123 Å². The molecule has 260 valence electrons. The van der Waals surface area contributed by atoms with E-state index in [1.165, 1.54) is 110 Å². The lowest BCUT2D eigenvalue weighted by atomic mass is 9.80. The quantitative estimate of drug-likeness (QED) is 0.173. The van der Waals surface area contributed by atoms with Crippen molar-refractivity contribution in [3.8, 4) is 33.6 Å². The molecule has 12 rings (SSSR count). The van der Waals surface area contributed by atoms with Crippen LogP contribution in [0.5, 0.6) is 0 Å². The van der Waals surface area contributed by atoms with Gasteiger partial charge in [-0.15, -0.1) is 0 Å². The number of aryl methyl sites for hydroxylation is 1.